The maximum atomic E-state index is 13.6. The molecule has 4 rings (SSSR count). The Morgan fingerprint density at radius 1 is 1.07 bits per heavy atom. The van der Waals surface area contributed by atoms with E-state index in [0.29, 0.717) is 6.61 Å². The summed E-state index contributed by atoms with van der Waals surface area (Å²) in [6.07, 6.45) is 0.960. The van der Waals surface area contributed by atoms with Crippen LogP contribution in [0.3, 0.4) is 0 Å². The van der Waals surface area contributed by atoms with E-state index >= 15 is 0 Å². The second-order valence-corrected chi connectivity index (χ2v) is 8.91. The number of carbonyl (C=O) groups is 1. The molecule has 0 aromatic heterocycles. The van der Waals surface area contributed by atoms with E-state index in [2.05, 4.69) is 20.8 Å². The van der Waals surface area contributed by atoms with Crippen molar-refractivity contribution in [2.75, 3.05) is 0 Å². The first-order chi connectivity index (χ1) is 13.4. The van der Waals surface area contributed by atoms with Crippen LogP contribution in [0.4, 0.5) is 0 Å². The molecule has 4 unspecified atom stereocenters. The standard InChI is InChI=1S/C24H29NO3/c1-23(2)19-14-15-24(23,3)25(28-16-17-10-6-4-7-11-17)22(27)20(19)21(26)18-12-8-5-9-13-18/h4-13,19-21,26H,14-16H2,1-3H3. The van der Waals surface area contributed by atoms with E-state index in [9.17, 15) is 9.90 Å². The summed E-state index contributed by atoms with van der Waals surface area (Å²) in [7, 11) is 0. The smallest absolute Gasteiger partial charge is 0.253 e. The summed E-state index contributed by atoms with van der Waals surface area (Å²) >= 11 is 0. The number of carbonyl (C=O) groups excluding carboxylic acids is 1. The fraction of sp³-hybridized carbons (Fsp3) is 0.458. The first-order valence-electron chi connectivity index (χ1n) is 10.1. The fourth-order valence-corrected chi connectivity index (χ4v) is 5.19. The second-order valence-electron chi connectivity index (χ2n) is 8.91. The Morgan fingerprint density at radius 2 is 1.68 bits per heavy atom. The summed E-state index contributed by atoms with van der Waals surface area (Å²) in [6, 6.07) is 19.4. The van der Waals surface area contributed by atoms with Crippen LogP contribution in [0, 0.1) is 17.3 Å². The molecule has 4 nitrogen and oxygen atoms in total. The molecule has 2 aromatic carbocycles. The number of rotatable bonds is 5. The van der Waals surface area contributed by atoms with E-state index in [4.69, 9.17) is 4.84 Å². The Kier molecular flexibility index (Phi) is 4.80. The minimum Gasteiger partial charge on any atom is -0.388 e. The topological polar surface area (TPSA) is 49.8 Å². The van der Waals surface area contributed by atoms with Gasteiger partial charge in [0.2, 0.25) is 0 Å². The van der Waals surface area contributed by atoms with Gasteiger partial charge in [-0.25, -0.2) is 5.06 Å². The van der Waals surface area contributed by atoms with Crippen molar-refractivity contribution in [3.05, 3.63) is 71.8 Å². The highest BCUT2D eigenvalue weighted by Gasteiger charge is 2.65. The third kappa shape index (κ3) is 2.87. The molecule has 2 fully saturated rings. The molecule has 1 saturated heterocycles. The number of amides is 1. The molecule has 28 heavy (non-hydrogen) atoms. The van der Waals surface area contributed by atoms with Crippen LogP contribution in [0.5, 0.6) is 0 Å². The lowest BCUT2D eigenvalue weighted by atomic mass is 9.62. The van der Waals surface area contributed by atoms with Crippen molar-refractivity contribution in [1.82, 2.24) is 5.06 Å². The van der Waals surface area contributed by atoms with Crippen LogP contribution < -0.4 is 0 Å². The molecule has 4 heteroatoms. The maximum absolute atomic E-state index is 13.6. The van der Waals surface area contributed by atoms with Gasteiger partial charge in [-0.1, -0.05) is 74.5 Å². The van der Waals surface area contributed by atoms with Gasteiger partial charge in [0.05, 0.1) is 17.6 Å². The van der Waals surface area contributed by atoms with Crippen LogP contribution in [0.15, 0.2) is 60.7 Å². The van der Waals surface area contributed by atoms with E-state index in [1.54, 1.807) is 5.06 Å². The molecule has 2 aliphatic rings. The second kappa shape index (κ2) is 7.02. The van der Waals surface area contributed by atoms with Crippen LogP contribution >= 0.6 is 0 Å². The Bertz CT molecular complexity index is 835. The molecular formula is C24H29NO3. The molecule has 2 aromatic rings. The third-order valence-electron chi connectivity index (χ3n) is 7.31. The number of nitrogens with zero attached hydrogens (tertiary/aromatic N) is 1. The normalized spacial score (nSPS) is 29.7. The van der Waals surface area contributed by atoms with Crippen molar-refractivity contribution >= 4 is 5.91 Å². The number of benzene rings is 2. The molecule has 0 spiro atoms. The molecule has 1 aliphatic carbocycles. The van der Waals surface area contributed by atoms with E-state index < -0.39 is 12.0 Å². The third-order valence-corrected chi connectivity index (χ3v) is 7.31. The first-order valence-corrected chi connectivity index (χ1v) is 10.1. The minimum atomic E-state index is -0.830. The largest absolute Gasteiger partial charge is 0.388 e. The molecule has 2 bridgehead atoms. The number of hydrogen-bond acceptors (Lipinski definition) is 3. The molecule has 1 aliphatic heterocycles. The summed E-state index contributed by atoms with van der Waals surface area (Å²) in [4.78, 5) is 19.7. The summed E-state index contributed by atoms with van der Waals surface area (Å²) in [5.41, 5.74) is 1.28. The average molecular weight is 380 g/mol. The van der Waals surface area contributed by atoms with Gasteiger partial charge in [0, 0.05) is 0 Å². The van der Waals surface area contributed by atoms with Crippen LogP contribution in [-0.4, -0.2) is 21.6 Å². The highest BCUT2D eigenvalue weighted by atomic mass is 16.7. The van der Waals surface area contributed by atoms with Gasteiger partial charge in [-0.15, -0.1) is 0 Å². The lowest BCUT2D eigenvalue weighted by molar-refractivity contribution is -0.265. The van der Waals surface area contributed by atoms with Gasteiger partial charge >= 0.3 is 0 Å². The molecule has 148 valence electrons. The predicted octanol–water partition coefficient (Wildman–Crippen LogP) is 4.51. The molecule has 0 radical (unpaired) electrons. The Morgan fingerprint density at radius 3 is 2.32 bits per heavy atom. The Labute approximate surface area is 167 Å². The highest BCUT2D eigenvalue weighted by molar-refractivity contribution is 5.82. The molecule has 1 heterocycles. The van der Waals surface area contributed by atoms with Crippen molar-refractivity contribution in [3.8, 4) is 0 Å². The predicted molar refractivity (Wildman–Crippen MR) is 108 cm³/mol. The zero-order valence-electron chi connectivity index (χ0n) is 16.8. The Hall–Kier alpha value is -2.17. The van der Waals surface area contributed by atoms with Crippen molar-refractivity contribution in [2.45, 2.75) is 51.9 Å². The zero-order valence-corrected chi connectivity index (χ0v) is 16.8. The van der Waals surface area contributed by atoms with Gasteiger partial charge in [0.15, 0.2) is 0 Å². The summed E-state index contributed by atoms with van der Waals surface area (Å²) in [5.74, 6) is -0.475. The van der Waals surface area contributed by atoms with Crippen molar-refractivity contribution in [1.29, 1.82) is 0 Å². The lowest BCUT2D eigenvalue weighted by Gasteiger charge is -2.54. The summed E-state index contributed by atoms with van der Waals surface area (Å²) < 4.78 is 0. The van der Waals surface area contributed by atoms with Gasteiger partial charge < -0.3 is 5.11 Å². The molecule has 1 saturated carbocycles. The van der Waals surface area contributed by atoms with Crippen molar-refractivity contribution in [3.63, 3.8) is 0 Å². The monoisotopic (exact) mass is 379 g/mol. The quantitative estimate of drug-likeness (QED) is 0.832. The average Bonchev–Trinajstić information content (AvgIpc) is 2.86. The summed E-state index contributed by atoms with van der Waals surface area (Å²) in [5, 5.41) is 12.7. The molecule has 1 N–H and O–H groups in total. The van der Waals surface area contributed by atoms with Crippen LogP contribution in [0.1, 0.15) is 50.8 Å². The highest BCUT2D eigenvalue weighted by Crippen LogP contribution is 2.61. The van der Waals surface area contributed by atoms with E-state index in [1.807, 2.05) is 60.7 Å². The maximum Gasteiger partial charge on any atom is 0.253 e. The number of hydroxylamine groups is 2. The summed E-state index contributed by atoms with van der Waals surface area (Å²) in [6.45, 7) is 6.89. The van der Waals surface area contributed by atoms with Crippen LogP contribution in [0.2, 0.25) is 0 Å². The molecule has 1 amide bonds. The minimum absolute atomic E-state index is 0.100. The van der Waals surface area contributed by atoms with Gasteiger partial charge in [-0.2, -0.15) is 0 Å². The number of aliphatic hydroxyl groups is 1. The van der Waals surface area contributed by atoms with Crippen LogP contribution in [-0.2, 0) is 16.2 Å². The number of aliphatic hydroxyl groups excluding tert-OH is 1. The lowest BCUT2D eigenvalue weighted by Crippen LogP contribution is -2.64. The SMILES string of the molecule is CC1(C)C2CCC1(C)N(OCc1ccccc1)C(=O)C2C(O)c1ccccc1. The number of piperidine rings is 1. The van der Waals surface area contributed by atoms with E-state index in [1.165, 1.54) is 0 Å². The van der Waals surface area contributed by atoms with Gasteiger partial charge in [-0.05, 0) is 42.2 Å². The van der Waals surface area contributed by atoms with E-state index in [-0.39, 0.29) is 22.8 Å². The van der Waals surface area contributed by atoms with Gasteiger partial charge in [0.25, 0.3) is 5.91 Å². The van der Waals surface area contributed by atoms with Crippen LogP contribution in [0.25, 0.3) is 0 Å². The van der Waals surface area contributed by atoms with Crippen molar-refractivity contribution < 1.29 is 14.7 Å². The fourth-order valence-electron chi connectivity index (χ4n) is 5.19. The van der Waals surface area contributed by atoms with Crippen molar-refractivity contribution in [2.24, 2.45) is 17.3 Å². The number of hydrogen-bond donors (Lipinski definition) is 1. The number of fused-ring (bicyclic) bond motifs is 2. The van der Waals surface area contributed by atoms with Gasteiger partial charge in [0.1, 0.15) is 6.61 Å². The first kappa shape index (κ1) is 19.2. The van der Waals surface area contributed by atoms with E-state index in [0.717, 1.165) is 24.0 Å². The molecule has 4 atom stereocenters. The van der Waals surface area contributed by atoms with Gasteiger partial charge in [-0.3, -0.25) is 9.63 Å². The molecular weight excluding hydrogens is 350 g/mol. The Balaban J connectivity index is 1.66. The zero-order chi connectivity index (χ0) is 19.9.